The quantitative estimate of drug-likeness (QED) is 0.509. The predicted octanol–water partition coefficient (Wildman–Crippen LogP) is 1.82. The van der Waals surface area contributed by atoms with Crippen LogP contribution in [0.1, 0.15) is 25.3 Å². The van der Waals surface area contributed by atoms with Crippen molar-refractivity contribution >= 4 is 5.97 Å². The summed E-state index contributed by atoms with van der Waals surface area (Å²) in [5, 5.41) is 18.5. The molecule has 0 amide bonds. The van der Waals surface area contributed by atoms with Gasteiger partial charge in [-0.3, -0.25) is 0 Å². The summed E-state index contributed by atoms with van der Waals surface area (Å²) in [6.45, 7) is 2.18. The van der Waals surface area contributed by atoms with Crippen LogP contribution in [0.25, 0.3) is 0 Å². The van der Waals surface area contributed by atoms with Gasteiger partial charge in [-0.15, -0.1) is 0 Å². The van der Waals surface area contributed by atoms with Gasteiger partial charge < -0.3 is 19.7 Å². The molecule has 122 valence electrons. The van der Waals surface area contributed by atoms with Gasteiger partial charge in [0.05, 0.1) is 32.0 Å². The third-order valence-corrected chi connectivity index (χ3v) is 3.01. The highest BCUT2D eigenvalue weighted by Gasteiger charge is 2.14. The van der Waals surface area contributed by atoms with Crippen LogP contribution in [0.4, 0.5) is 0 Å². The molecule has 0 aliphatic rings. The van der Waals surface area contributed by atoms with Gasteiger partial charge in [0, 0.05) is 12.5 Å². The summed E-state index contributed by atoms with van der Waals surface area (Å²) in [5.74, 6) is -0.396. The Hall–Kier alpha value is -1.69. The van der Waals surface area contributed by atoms with Crippen LogP contribution >= 0.6 is 0 Å². The van der Waals surface area contributed by atoms with E-state index in [0.29, 0.717) is 26.1 Å². The van der Waals surface area contributed by atoms with Crippen LogP contribution in [0.3, 0.4) is 0 Å². The lowest BCUT2D eigenvalue weighted by molar-refractivity contribution is -0.137. The molecule has 0 fully saturated rings. The van der Waals surface area contributed by atoms with E-state index in [4.69, 9.17) is 14.6 Å². The molecule has 2 N–H and O–H groups in total. The minimum Gasteiger partial charge on any atom is -0.463 e. The van der Waals surface area contributed by atoms with Crippen molar-refractivity contribution in [1.29, 1.82) is 0 Å². The second-order valence-corrected chi connectivity index (χ2v) is 4.88. The van der Waals surface area contributed by atoms with E-state index in [1.165, 1.54) is 6.08 Å². The number of hydrogen-bond donors (Lipinski definition) is 2. The maximum absolute atomic E-state index is 11.2. The van der Waals surface area contributed by atoms with E-state index in [0.717, 1.165) is 5.56 Å². The number of aliphatic hydroxyl groups excluding tert-OH is 2. The van der Waals surface area contributed by atoms with Crippen molar-refractivity contribution < 1.29 is 24.5 Å². The number of ether oxygens (including phenoxy) is 2. The Labute approximate surface area is 131 Å². The highest BCUT2D eigenvalue weighted by Crippen LogP contribution is 2.12. The Kier molecular flexibility index (Phi) is 9.14. The molecule has 0 saturated heterocycles. The van der Waals surface area contributed by atoms with E-state index in [1.54, 1.807) is 13.0 Å². The highest BCUT2D eigenvalue weighted by atomic mass is 16.5. The number of rotatable bonds is 10. The Morgan fingerprint density at radius 3 is 2.68 bits per heavy atom. The smallest absolute Gasteiger partial charge is 0.330 e. The van der Waals surface area contributed by atoms with E-state index in [9.17, 15) is 9.90 Å². The lowest BCUT2D eigenvalue weighted by Crippen LogP contribution is -2.23. The standard InChI is InChI=1S/C17H24O5/c1-2-21-17(20)10-6-9-16(11-15(19)12-18)22-13-14-7-4-3-5-8-14/h3-8,10,15-16,18-19H,2,9,11-13H2,1H3/b10-6+/t15-,16-/m1/s1. The lowest BCUT2D eigenvalue weighted by atomic mass is 10.1. The lowest BCUT2D eigenvalue weighted by Gasteiger charge is -2.19. The summed E-state index contributed by atoms with van der Waals surface area (Å²) in [7, 11) is 0. The first-order valence-electron chi connectivity index (χ1n) is 7.43. The molecular weight excluding hydrogens is 284 g/mol. The molecule has 0 bridgehead atoms. The van der Waals surface area contributed by atoms with E-state index in [2.05, 4.69) is 0 Å². The molecule has 22 heavy (non-hydrogen) atoms. The summed E-state index contributed by atoms with van der Waals surface area (Å²) < 4.78 is 10.6. The van der Waals surface area contributed by atoms with Crippen molar-refractivity contribution in [3.63, 3.8) is 0 Å². The SMILES string of the molecule is CCOC(=O)/C=C/C[C@H](C[C@@H](O)CO)OCc1ccccc1. The number of hydrogen-bond acceptors (Lipinski definition) is 5. The zero-order chi connectivity index (χ0) is 16.2. The third kappa shape index (κ3) is 7.93. The first kappa shape index (κ1) is 18.4. The number of benzene rings is 1. The van der Waals surface area contributed by atoms with Crippen LogP contribution in [0.2, 0.25) is 0 Å². The second kappa shape index (κ2) is 11.0. The molecule has 0 radical (unpaired) electrons. The fourth-order valence-corrected chi connectivity index (χ4v) is 1.91. The molecule has 2 atom stereocenters. The van der Waals surface area contributed by atoms with Gasteiger partial charge in [0.15, 0.2) is 0 Å². The zero-order valence-corrected chi connectivity index (χ0v) is 12.9. The molecule has 0 aliphatic heterocycles. The maximum Gasteiger partial charge on any atom is 0.330 e. The molecule has 0 aromatic heterocycles. The van der Waals surface area contributed by atoms with E-state index in [1.807, 2.05) is 30.3 Å². The van der Waals surface area contributed by atoms with Crippen LogP contribution in [0, 0.1) is 0 Å². The molecule has 0 unspecified atom stereocenters. The van der Waals surface area contributed by atoms with Gasteiger partial charge in [-0.2, -0.15) is 0 Å². The van der Waals surface area contributed by atoms with E-state index < -0.39 is 12.1 Å². The average molecular weight is 308 g/mol. The Balaban J connectivity index is 2.50. The van der Waals surface area contributed by atoms with Crippen molar-refractivity contribution in [3.05, 3.63) is 48.0 Å². The van der Waals surface area contributed by atoms with Gasteiger partial charge >= 0.3 is 5.97 Å². The van der Waals surface area contributed by atoms with E-state index >= 15 is 0 Å². The molecule has 5 nitrogen and oxygen atoms in total. The summed E-state index contributed by atoms with van der Waals surface area (Å²) in [6, 6.07) is 9.69. The number of aliphatic hydroxyl groups is 2. The topological polar surface area (TPSA) is 76.0 Å². The zero-order valence-electron chi connectivity index (χ0n) is 12.9. The van der Waals surface area contributed by atoms with Gasteiger partial charge in [-0.25, -0.2) is 4.79 Å². The maximum atomic E-state index is 11.2. The van der Waals surface area contributed by atoms with Gasteiger partial charge in [0.2, 0.25) is 0 Å². The summed E-state index contributed by atoms with van der Waals surface area (Å²) in [5.41, 5.74) is 1.03. The van der Waals surface area contributed by atoms with Crippen molar-refractivity contribution in [1.82, 2.24) is 0 Å². The summed E-state index contributed by atoms with van der Waals surface area (Å²) in [6.07, 6.45) is 2.66. The number of esters is 1. The summed E-state index contributed by atoms with van der Waals surface area (Å²) >= 11 is 0. The molecule has 1 aromatic carbocycles. The molecule has 1 rings (SSSR count). The highest BCUT2D eigenvalue weighted by molar-refractivity contribution is 5.81. The van der Waals surface area contributed by atoms with Crippen LogP contribution in [-0.2, 0) is 20.9 Å². The molecule has 5 heteroatoms. The van der Waals surface area contributed by atoms with Crippen LogP contribution < -0.4 is 0 Å². The Morgan fingerprint density at radius 1 is 1.32 bits per heavy atom. The molecule has 1 aromatic rings. The van der Waals surface area contributed by atoms with Crippen molar-refractivity contribution in [2.75, 3.05) is 13.2 Å². The van der Waals surface area contributed by atoms with Crippen molar-refractivity contribution in [2.45, 2.75) is 38.6 Å². The third-order valence-electron chi connectivity index (χ3n) is 3.01. The van der Waals surface area contributed by atoms with Gasteiger partial charge in [0.25, 0.3) is 0 Å². The molecule has 0 aliphatic carbocycles. The second-order valence-electron chi connectivity index (χ2n) is 4.88. The number of carbonyl (C=O) groups is 1. The molecule has 0 heterocycles. The van der Waals surface area contributed by atoms with Crippen molar-refractivity contribution in [3.8, 4) is 0 Å². The van der Waals surface area contributed by atoms with Gasteiger partial charge in [0.1, 0.15) is 0 Å². The minimum atomic E-state index is -0.836. The van der Waals surface area contributed by atoms with E-state index in [-0.39, 0.29) is 12.7 Å². The summed E-state index contributed by atoms with van der Waals surface area (Å²) in [4.78, 5) is 11.2. The minimum absolute atomic E-state index is 0.284. The first-order chi connectivity index (χ1) is 10.7. The van der Waals surface area contributed by atoms with Gasteiger partial charge in [-0.1, -0.05) is 36.4 Å². The molecular formula is C17H24O5. The Morgan fingerprint density at radius 2 is 2.05 bits per heavy atom. The normalized spacial score (nSPS) is 14.0. The van der Waals surface area contributed by atoms with Crippen molar-refractivity contribution in [2.24, 2.45) is 0 Å². The Bertz CT molecular complexity index is 444. The number of carbonyl (C=O) groups excluding carboxylic acids is 1. The molecule has 0 spiro atoms. The fraction of sp³-hybridized carbons (Fsp3) is 0.471. The van der Waals surface area contributed by atoms with Gasteiger partial charge in [-0.05, 0) is 18.9 Å². The monoisotopic (exact) mass is 308 g/mol. The molecule has 0 saturated carbocycles. The van der Waals surface area contributed by atoms with Crippen LogP contribution in [0.5, 0.6) is 0 Å². The predicted molar refractivity (Wildman–Crippen MR) is 83.1 cm³/mol. The average Bonchev–Trinajstić information content (AvgIpc) is 2.53. The van der Waals surface area contributed by atoms with Crippen LogP contribution in [0.15, 0.2) is 42.5 Å². The fourth-order valence-electron chi connectivity index (χ4n) is 1.91. The largest absolute Gasteiger partial charge is 0.463 e. The van der Waals surface area contributed by atoms with Crippen LogP contribution in [-0.4, -0.2) is 41.6 Å². The first-order valence-corrected chi connectivity index (χ1v) is 7.43.